The predicted molar refractivity (Wildman–Crippen MR) is 52.6 cm³/mol. The fourth-order valence-electron chi connectivity index (χ4n) is 1.73. The van der Waals surface area contributed by atoms with Crippen LogP contribution in [0.3, 0.4) is 0 Å². The second-order valence-corrected chi connectivity index (χ2v) is 4.03. The van der Waals surface area contributed by atoms with Crippen molar-refractivity contribution in [3.05, 3.63) is 23.8 Å². The van der Waals surface area contributed by atoms with E-state index in [1.165, 1.54) is 5.57 Å². The summed E-state index contributed by atoms with van der Waals surface area (Å²) in [4.78, 5) is 11.0. The van der Waals surface area contributed by atoms with E-state index in [-0.39, 0.29) is 17.3 Å². The van der Waals surface area contributed by atoms with Gasteiger partial charge in [0.15, 0.2) is 0 Å². The second-order valence-electron chi connectivity index (χ2n) is 3.47. The first-order valence-corrected chi connectivity index (χ1v) is 5.01. The molecule has 1 fully saturated rings. The molecule has 0 aromatic heterocycles. The number of amides is 1. The van der Waals surface area contributed by atoms with Gasteiger partial charge in [-0.3, -0.25) is 4.79 Å². The molecular formula is C10H12ClNO. The minimum Gasteiger partial charge on any atom is -0.349 e. The quantitative estimate of drug-likeness (QED) is 0.638. The molecule has 1 heterocycles. The lowest BCUT2D eigenvalue weighted by Crippen LogP contribution is -2.27. The number of nitrogens with one attached hydrogen (secondary N) is 1. The van der Waals surface area contributed by atoms with Gasteiger partial charge in [-0.2, -0.15) is 0 Å². The Bertz CT molecular complexity index is 283. The Morgan fingerprint density at radius 3 is 2.92 bits per heavy atom. The lowest BCUT2D eigenvalue weighted by Gasteiger charge is -2.16. The van der Waals surface area contributed by atoms with Crippen LogP contribution in [0.2, 0.25) is 0 Å². The third-order valence-electron chi connectivity index (χ3n) is 2.47. The van der Waals surface area contributed by atoms with Crippen molar-refractivity contribution in [3.63, 3.8) is 0 Å². The van der Waals surface area contributed by atoms with Crippen LogP contribution in [0.5, 0.6) is 0 Å². The van der Waals surface area contributed by atoms with Crippen LogP contribution in [0.15, 0.2) is 23.8 Å². The number of hydrogen-bond acceptors (Lipinski definition) is 1. The molecule has 0 aromatic carbocycles. The van der Waals surface area contributed by atoms with E-state index in [1.807, 2.05) is 12.2 Å². The fraction of sp³-hybridized carbons (Fsp3) is 0.500. The maximum Gasteiger partial charge on any atom is 0.220 e. The van der Waals surface area contributed by atoms with Crippen molar-refractivity contribution in [2.45, 2.75) is 30.7 Å². The number of carbonyl (C=O) groups excluding carboxylic acids is 1. The highest BCUT2D eigenvalue weighted by Gasteiger charge is 2.23. The van der Waals surface area contributed by atoms with Crippen LogP contribution < -0.4 is 5.32 Å². The lowest BCUT2D eigenvalue weighted by atomic mass is 9.99. The predicted octanol–water partition coefficient (Wildman–Crippen LogP) is 1.76. The molecule has 0 aromatic rings. The van der Waals surface area contributed by atoms with E-state index in [2.05, 4.69) is 11.4 Å². The molecular weight excluding hydrogens is 186 g/mol. The molecule has 0 radical (unpaired) electrons. The Kier molecular flexibility index (Phi) is 2.40. The van der Waals surface area contributed by atoms with E-state index in [9.17, 15) is 4.79 Å². The van der Waals surface area contributed by atoms with E-state index in [1.54, 1.807) is 0 Å². The summed E-state index contributed by atoms with van der Waals surface area (Å²) in [5, 5.41) is 3.06. The van der Waals surface area contributed by atoms with Gasteiger partial charge in [-0.15, -0.1) is 11.6 Å². The van der Waals surface area contributed by atoms with Gasteiger partial charge in [0.2, 0.25) is 5.91 Å². The number of hydrogen-bond donors (Lipinski definition) is 1. The van der Waals surface area contributed by atoms with Crippen LogP contribution >= 0.6 is 11.6 Å². The molecule has 1 aliphatic carbocycles. The largest absolute Gasteiger partial charge is 0.349 e. The van der Waals surface area contributed by atoms with E-state index < -0.39 is 0 Å². The fourth-order valence-corrected chi connectivity index (χ4v) is 1.90. The van der Waals surface area contributed by atoms with Gasteiger partial charge in [0, 0.05) is 6.42 Å². The molecule has 2 rings (SSSR count). The van der Waals surface area contributed by atoms with Crippen molar-refractivity contribution in [2.24, 2.45) is 0 Å². The van der Waals surface area contributed by atoms with Crippen LogP contribution in [-0.2, 0) is 4.79 Å². The summed E-state index contributed by atoms with van der Waals surface area (Å²) in [6, 6.07) is 0.230. The average molecular weight is 198 g/mol. The molecule has 1 aliphatic heterocycles. The number of rotatable bonds is 1. The molecule has 1 saturated heterocycles. The highest BCUT2D eigenvalue weighted by molar-refractivity contribution is 6.22. The maximum atomic E-state index is 11.0. The number of allylic oxidation sites excluding steroid dienone is 2. The molecule has 1 N–H and O–H groups in total. The van der Waals surface area contributed by atoms with Crippen molar-refractivity contribution in [1.29, 1.82) is 0 Å². The van der Waals surface area contributed by atoms with Gasteiger partial charge in [0.25, 0.3) is 0 Å². The molecule has 1 amide bonds. The van der Waals surface area contributed by atoms with E-state index in [0.29, 0.717) is 6.42 Å². The molecule has 2 nitrogen and oxygen atoms in total. The zero-order chi connectivity index (χ0) is 9.26. The first-order valence-electron chi connectivity index (χ1n) is 4.57. The lowest BCUT2D eigenvalue weighted by molar-refractivity contribution is -0.119. The molecule has 70 valence electrons. The summed E-state index contributed by atoms with van der Waals surface area (Å²) in [5.41, 5.74) is 1.21. The van der Waals surface area contributed by atoms with Crippen molar-refractivity contribution < 1.29 is 4.79 Å². The van der Waals surface area contributed by atoms with Crippen LogP contribution in [0.25, 0.3) is 0 Å². The zero-order valence-corrected chi connectivity index (χ0v) is 8.05. The van der Waals surface area contributed by atoms with Gasteiger partial charge in [-0.05, 0) is 18.4 Å². The van der Waals surface area contributed by atoms with Gasteiger partial charge < -0.3 is 5.32 Å². The van der Waals surface area contributed by atoms with Crippen LogP contribution in [0, 0.1) is 0 Å². The molecule has 2 unspecified atom stereocenters. The van der Waals surface area contributed by atoms with Gasteiger partial charge in [-0.25, -0.2) is 0 Å². The van der Waals surface area contributed by atoms with E-state index in [4.69, 9.17) is 11.6 Å². The molecule has 0 saturated carbocycles. The molecule has 2 aliphatic rings. The first kappa shape index (κ1) is 8.82. The van der Waals surface area contributed by atoms with Crippen molar-refractivity contribution in [2.75, 3.05) is 0 Å². The Morgan fingerprint density at radius 1 is 1.54 bits per heavy atom. The smallest absolute Gasteiger partial charge is 0.220 e. The summed E-state index contributed by atoms with van der Waals surface area (Å²) < 4.78 is 0. The topological polar surface area (TPSA) is 29.1 Å². The van der Waals surface area contributed by atoms with Crippen molar-refractivity contribution in [3.8, 4) is 0 Å². The number of alkyl halides is 1. The summed E-state index contributed by atoms with van der Waals surface area (Å²) in [6.45, 7) is 0. The minimum atomic E-state index is 0.126. The third kappa shape index (κ3) is 1.94. The Hall–Kier alpha value is -0.760. The van der Waals surface area contributed by atoms with E-state index >= 15 is 0 Å². The minimum absolute atomic E-state index is 0.126. The standard InChI is InChI=1S/C10H12ClNO/c11-8-3-1-7(2-4-8)9-5-6-10(13)12-9/h1-3,8-9H,4-6H2,(H,12,13). The third-order valence-corrected chi connectivity index (χ3v) is 2.80. The van der Waals surface area contributed by atoms with Gasteiger partial charge in [0.1, 0.15) is 0 Å². The van der Waals surface area contributed by atoms with Gasteiger partial charge in [0.05, 0.1) is 11.4 Å². The monoisotopic (exact) mass is 197 g/mol. The van der Waals surface area contributed by atoms with Crippen LogP contribution in [-0.4, -0.2) is 17.3 Å². The van der Waals surface area contributed by atoms with Crippen LogP contribution in [0.1, 0.15) is 19.3 Å². The first-order chi connectivity index (χ1) is 6.25. The highest BCUT2D eigenvalue weighted by atomic mass is 35.5. The Morgan fingerprint density at radius 2 is 2.38 bits per heavy atom. The molecule has 13 heavy (non-hydrogen) atoms. The molecule has 0 spiro atoms. The highest BCUT2D eigenvalue weighted by Crippen LogP contribution is 2.22. The maximum absolute atomic E-state index is 11.0. The van der Waals surface area contributed by atoms with Crippen molar-refractivity contribution >= 4 is 17.5 Å². The zero-order valence-electron chi connectivity index (χ0n) is 7.29. The SMILES string of the molecule is O=C1CCC(C2=CCC(Cl)C=C2)N1. The summed E-state index contributed by atoms with van der Waals surface area (Å²) in [6.07, 6.45) is 8.58. The molecule has 2 atom stereocenters. The summed E-state index contributed by atoms with van der Waals surface area (Å²) in [5.74, 6) is 0.160. The van der Waals surface area contributed by atoms with Crippen LogP contribution in [0.4, 0.5) is 0 Å². The number of carbonyl (C=O) groups is 1. The van der Waals surface area contributed by atoms with Gasteiger partial charge in [-0.1, -0.05) is 18.2 Å². The summed E-state index contributed by atoms with van der Waals surface area (Å²) in [7, 11) is 0. The van der Waals surface area contributed by atoms with Crippen molar-refractivity contribution in [1.82, 2.24) is 5.32 Å². The van der Waals surface area contributed by atoms with Gasteiger partial charge >= 0.3 is 0 Å². The Balaban J connectivity index is 2.02. The van der Waals surface area contributed by atoms with E-state index in [0.717, 1.165) is 12.8 Å². The normalized spacial score (nSPS) is 33.0. The molecule has 3 heteroatoms. The number of halogens is 1. The summed E-state index contributed by atoms with van der Waals surface area (Å²) >= 11 is 5.90. The molecule has 0 bridgehead atoms. The average Bonchev–Trinajstić information content (AvgIpc) is 2.53. The second kappa shape index (κ2) is 3.54. The Labute approximate surface area is 82.6 Å².